The van der Waals surface area contributed by atoms with Crippen molar-refractivity contribution in [3.05, 3.63) is 0 Å². The summed E-state index contributed by atoms with van der Waals surface area (Å²) in [7, 11) is 0. The molecule has 0 aromatic rings. The highest BCUT2D eigenvalue weighted by Gasteiger charge is 2.37. The molecule has 3 amide bonds. The molecule has 0 unspecified atom stereocenters. The molecule has 0 aliphatic carbocycles. The van der Waals surface area contributed by atoms with Crippen LogP contribution in [0.1, 0.15) is 41.5 Å². The Morgan fingerprint density at radius 3 is 1.53 bits per heavy atom. The maximum absolute atomic E-state index is 11.7. The Balaban J connectivity index is 0.000000300. The number of primary amides is 1. The second-order valence-electron chi connectivity index (χ2n) is 8.67. The molecule has 2 heterocycles. The van der Waals surface area contributed by atoms with Crippen LogP contribution in [0.25, 0.3) is 0 Å². The van der Waals surface area contributed by atoms with Crippen LogP contribution in [0, 0.1) is 0 Å². The minimum absolute atomic E-state index is 0.381. The van der Waals surface area contributed by atoms with Crippen LogP contribution in [-0.4, -0.2) is 85.5 Å². The van der Waals surface area contributed by atoms with E-state index in [-0.39, 0.29) is 0 Å². The van der Waals surface area contributed by atoms with Gasteiger partial charge in [-0.2, -0.15) is 0 Å². The predicted molar refractivity (Wildman–Crippen MR) is 115 cm³/mol. The molecule has 30 heavy (non-hydrogen) atoms. The van der Waals surface area contributed by atoms with Crippen molar-refractivity contribution in [1.29, 1.82) is 0 Å². The normalized spacial score (nSPS) is 21.5. The number of hydrogen-bond donors (Lipinski definition) is 2. The van der Waals surface area contributed by atoms with E-state index >= 15 is 0 Å². The van der Waals surface area contributed by atoms with E-state index in [1.165, 1.54) is 33.3 Å². The molecular formula is C18H31N3O7S2. The molecule has 12 heteroatoms. The molecule has 0 spiro atoms. The fraction of sp³-hybridized carbons (Fsp3) is 0.778. The number of carbonyl (C=O) groups is 4. The molecule has 10 nitrogen and oxygen atoms in total. The Hall–Kier alpha value is -1.82. The topological polar surface area (TPSA) is 139 Å². The first-order valence-corrected chi connectivity index (χ1v) is 11.6. The largest absolute Gasteiger partial charge is 0.480 e. The van der Waals surface area contributed by atoms with Crippen molar-refractivity contribution in [2.75, 3.05) is 23.3 Å². The van der Waals surface area contributed by atoms with Gasteiger partial charge in [0.1, 0.15) is 23.3 Å². The summed E-state index contributed by atoms with van der Waals surface area (Å²) >= 11 is 2.91. The Labute approximate surface area is 185 Å². The van der Waals surface area contributed by atoms with E-state index in [4.69, 9.17) is 20.3 Å². The van der Waals surface area contributed by atoms with Crippen LogP contribution >= 0.6 is 23.5 Å². The van der Waals surface area contributed by atoms with Gasteiger partial charge in [0.05, 0.1) is 11.8 Å². The van der Waals surface area contributed by atoms with Gasteiger partial charge in [-0.05, 0) is 41.5 Å². The zero-order valence-electron chi connectivity index (χ0n) is 18.2. The van der Waals surface area contributed by atoms with Crippen LogP contribution in [0.2, 0.25) is 0 Å². The van der Waals surface area contributed by atoms with E-state index in [2.05, 4.69) is 0 Å². The van der Waals surface area contributed by atoms with Crippen LogP contribution < -0.4 is 5.73 Å². The van der Waals surface area contributed by atoms with E-state index in [0.29, 0.717) is 23.3 Å². The molecule has 172 valence electrons. The van der Waals surface area contributed by atoms with E-state index in [1.54, 1.807) is 41.5 Å². The van der Waals surface area contributed by atoms with E-state index in [0.717, 1.165) is 0 Å². The van der Waals surface area contributed by atoms with Crippen molar-refractivity contribution in [3.63, 3.8) is 0 Å². The number of thioether (sulfide) groups is 2. The Bertz CT molecular complexity index is 605. The maximum Gasteiger partial charge on any atom is 0.411 e. The van der Waals surface area contributed by atoms with Gasteiger partial charge in [0.25, 0.3) is 0 Å². The number of aliphatic carboxylic acids is 1. The third-order valence-electron chi connectivity index (χ3n) is 3.63. The van der Waals surface area contributed by atoms with E-state index in [1.807, 2.05) is 0 Å². The Kier molecular flexibility index (Phi) is 9.15. The molecule has 2 saturated heterocycles. The maximum atomic E-state index is 11.7. The molecule has 0 radical (unpaired) electrons. The molecular weight excluding hydrogens is 434 g/mol. The molecule has 0 aromatic carbocycles. The average Bonchev–Trinajstić information content (AvgIpc) is 3.22. The van der Waals surface area contributed by atoms with Crippen LogP contribution in [0.15, 0.2) is 0 Å². The molecule has 3 N–H and O–H groups in total. The van der Waals surface area contributed by atoms with Crippen molar-refractivity contribution < 1.29 is 33.8 Å². The van der Waals surface area contributed by atoms with Crippen LogP contribution in [0.3, 0.4) is 0 Å². The van der Waals surface area contributed by atoms with Crippen LogP contribution in [-0.2, 0) is 19.1 Å². The second-order valence-corrected chi connectivity index (χ2v) is 10.7. The zero-order valence-corrected chi connectivity index (χ0v) is 19.8. The number of carboxylic acid groups (broad SMARTS) is 1. The summed E-state index contributed by atoms with van der Waals surface area (Å²) in [5.41, 5.74) is 4.05. The lowest BCUT2D eigenvalue weighted by Crippen LogP contribution is -2.46. The van der Waals surface area contributed by atoms with E-state index < -0.39 is 47.3 Å². The first kappa shape index (κ1) is 26.2. The van der Waals surface area contributed by atoms with Crippen molar-refractivity contribution in [2.24, 2.45) is 5.73 Å². The van der Waals surface area contributed by atoms with Gasteiger partial charge >= 0.3 is 18.2 Å². The standard InChI is InChI=1S/C9H16N2O3S.C9H15NO4S/c1-9(2,3)14-8(13)11-5-15-4-6(11)7(10)12;1-9(2,3)14-8(13)10-5-15-4-6(10)7(11)12/h6H,4-5H2,1-3H3,(H2,10,12);6H,4-5H2,1-3H3,(H,11,12)/t2*6-/m00/s1. The van der Waals surface area contributed by atoms with Crippen LogP contribution in [0.4, 0.5) is 9.59 Å². The molecule has 2 atom stereocenters. The zero-order chi connectivity index (χ0) is 23.3. The first-order chi connectivity index (χ1) is 13.6. The number of carboxylic acids is 1. The van der Waals surface area contributed by atoms with Gasteiger partial charge in [0, 0.05) is 11.5 Å². The van der Waals surface area contributed by atoms with Crippen molar-refractivity contribution in [2.45, 2.75) is 64.8 Å². The quantitative estimate of drug-likeness (QED) is 0.628. The highest BCUT2D eigenvalue weighted by molar-refractivity contribution is 7.99. The summed E-state index contributed by atoms with van der Waals surface area (Å²) < 4.78 is 10.3. The Morgan fingerprint density at radius 2 is 1.20 bits per heavy atom. The smallest absolute Gasteiger partial charge is 0.411 e. The van der Waals surface area contributed by atoms with Gasteiger partial charge < -0.3 is 20.3 Å². The van der Waals surface area contributed by atoms with Gasteiger partial charge in [-0.3, -0.25) is 14.6 Å². The highest BCUT2D eigenvalue weighted by atomic mass is 32.2. The summed E-state index contributed by atoms with van der Waals surface area (Å²) in [6, 6.07) is -1.30. The van der Waals surface area contributed by atoms with Gasteiger partial charge in [-0.15, -0.1) is 23.5 Å². The molecule has 2 rings (SSSR count). The molecule has 0 bridgehead atoms. The third kappa shape index (κ3) is 8.50. The fourth-order valence-corrected chi connectivity index (χ4v) is 4.61. The van der Waals surface area contributed by atoms with Crippen molar-refractivity contribution >= 4 is 47.6 Å². The highest BCUT2D eigenvalue weighted by Crippen LogP contribution is 2.24. The number of carbonyl (C=O) groups excluding carboxylic acids is 3. The number of rotatable bonds is 2. The third-order valence-corrected chi connectivity index (χ3v) is 5.66. The number of nitrogens with two attached hydrogens (primary N) is 1. The molecule has 2 aliphatic rings. The Morgan fingerprint density at radius 1 is 0.833 bits per heavy atom. The minimum atomic E-state index is -0.981. The predicted octanol–water partition coefficient (Wildman–Crippen LogP) is 2.16. The lowest BCUT2D eigenvalue weighted by molar-refractivity contribution is -0.141. The summed E-state index contributed by atoms with van der Waals surface area (Å²) in [6.45, 7) is 10.6. The SMILES string of the molecule is CC(C)(C)OC(=O)N1CSC[C@H]1C(=O)O.CC(C)(C)OC(=O)N1CSC[C@H]1C(N)=O. The number of hydrogen-bond acceptors (Lipinski definition) is 8. The monoisotopic (exact) mass is 465 g/mol. The number of amides is 3. The second kappa shape index (κ2) is 10.5. The first-order valence-electron chi connectivity index (χ1n) is 9.29. The van der Waals surface area contributed by atoms with Crippen molar-refractivity contribution in [1.82, 2.24) is 9.80 Å². The molecule has 2 fully saturated rings. The van der Waals surface area contributed by atoms with Gasteiger partial charge in [-0.1, -0.05) is 0 Å². The molecule has 0 aromatic heterocycles. The summed E-state index contributed by atoms with van der Waals surface area (Å²) in [5.74, 6) is 0.356. The molecule has 2 aliphatic heterocycles. The van der Waals surface area contributed by atoms with Gasteiger partial charge in [0.15, 0.2) is 0 Å². The summed E-state index contributed by atoms with van der Waals surface area (Å²) in [5, 5.41) is 8.87. The van der Waals surface area contributed by atoms with Gasteiger partial charge in [-0.25, -0.2) is 14.4 Å². The lowest BCUT2D eigenvalue weighted by Gasteiger charge is -2.26. The van der Waals surface area contributed by atoms with Crippen LogP contribution in [0.5, 0.6) is 0 Å². The molecule has 0 saturated carbocycles. The fourth-order valence-electron chi connectivity index (χ4n) is 2.33. The summed E-state index contributed by atoms with van der Waals surface area (Å²) in [4.78, 5) is 47.7. The van der Waals surface area contributed by atoms with Crippen molar-refractivity contribution in [3.8, 4) is 0 Å². The summed E-state index contributed by atoms with van der Waals surface area (Å²) in [6.07, 6.45) is -1.03. The lowest BCUT2D eigenvalue weighted by atomic mass is 10.2. The van der Waals surface area contributed by atoms with Gasteiger partial charge in [0.2, 0.25) is 5.91 Å². The number of ether oxygens (including phenoxy) is 2. The number of nitrogens with zero attached hydrogens (tertiary/aromatic N) is 2. The minimum Gasteiger partial charge on any atom is -0.480 e. The van der Waals surface area contributed by atoms with E-state index in [9.17, 15) is 19.2 Å². The average molecular weight is 466 g/mol.